The Morgan fingerprint density at radius 3 is 2.29 bits per heavy atom. The van der Waals surface area contributed by atoms with Crippen molar-refractivity contribution in [3.05, 3.63) is 17.7 Å². The maximum absolute atomic E-state index is 12.6. The lowest BCUT2D eigenvalue weighted by Gasteiger charge is -2.19. The SMILES string of the molecule is COc1cc(C)c(S(=O)(=O)N2CC[C@H](N)C2)cc1OC.Cl. The van der Waals surface area contributed by atoms with Gasteiger partial charge < -0.3 is 15.2 Å². The summed E-state index contributed by atoms with van der Waals surface area (Å²) in [5.41, 5.74) is 6.42. The number of rotatable bonds is 4. The Morgan fingerprint density at radius 2 is 1.81 bits per heavy atom. The van der Waals surface area contributed by atoms with Crippen LogP contribution in [0.5, 0.6) is 11.5 Å². The molecule has 2 N–H and O–H groups in total. The maximum atomic E-state index is 12.6. The lowest BCUT2D eigenvalue weighted by Crippen LogP contribution is -2.32. The Kier molecular flexibility index (Phi) is 5.86. The van der Waals surface area contributed by atoms with E-state index in [4.69, 9.17) is 15.2 Å². The van der Waals surface area contributed by atoms with Crippen molar-refractivity contribution in [2.45, 2.75) is 24.3 Å². The minimum Gasteiger partial charge on any atom is -0.493 e. The summed E-state index contributed by atoms with van der Waals surface area (Å²) in [7, 11) is -0.542. The molecule has 8 heteroatoms. The number of benzene rings is 1. The predicted molar refractivity (Wildman–Crippen MR) is 82.9 cm³/mol. The third-order valence-corrected chi connectivity index (χ3v) is 5.49. The Morgan fingerprint density at radius 1 is 1.24 bits per heavy atom. The highest BCUT2D eigenvalue weighted by Gasteiger charge is 2.32. The van der Waals surface area contributed by atoms with E-state index < -0.39 is 10.0 Å². The van der Waals surface area contributed by atoms with Crippen LogP contribution in [0.4, 0.5) is 0 Å². The fourth-order valence-electron chi connectivity index (χ4n) is 2.35. The summed E-state index contributed by atoms with van der Waals surface area (Å²) in [5, 5.41) is 0. The molecule has 0 amide bonds. The minimum atomic E-state index is -3.54. The molecule has 0 saturated carbocycles. The molecule has 0 bridgehead atoms. The van der Waals surface area contributed by atoms with Gasteiger partial charge in [-0.15, -0.1) is 12.4 Å². The number of sulfonamides is 1. The molecule has 1 fully saturated rings. The second-order valence-electron chi connectivity index (χ2n) is 4.88. The summed E-state index contributed by atoms with van der Waals surface area (Å²) in [5.74, 6) is 0.919. The van der Waals surface area contributed by atoms with E-state index in [0.29, 0.717) is 36.6 Å². The van der Waals surface area contributed by atoms with Gasteiger partial charge in [0.05, 0.1) is 19.1 Å². The fraction of sp³-hybridized carbons (Fsp3) is 0.538. The van der Waals surface area contributed by atoms with Crippen LogP contribution in [0.3, 0.4) is 0 Å². The highest BCUT2D eigenvalue weighted by atomic mass is 35.5. The largest absolute Gasteiger partial charge is 0.493 e. The van der Waals surface area contributed by atoms with Crippen LogP contribution in [0.2, 0.25) is 0 Å². The predicted octanol–water partition coefficient (Wildman–Crippen LogP) is 1.16. The molecule has 0 spiro atoms. The van der Waals surface area contributed by atoms with Crippen molar-refractivity contribution in [3.63, 3.8) is 0 Å². The molecule has 0 aliphatic carbocycles. The number of hydrogen-bond donors (Lipinski definition) is 1. The third kappa shape index (κ3) is 3.42. The Balaban J connectivity index is 0.00000220. The average Bonchev–Trinajstić information content (AvgIpc) is 2.85. The van der Waals surface area contributed by atoms with Crippen molar-refractivity contribution in [2.75, 3.05) is 27.3 Å². The highest BCUT2D eigenvalue weighted by Crippen LogP contribution is 2.34. The van der Waals surface area contributed by atoms with Gasteiger partial charge in [0, 0.05) is 25.2 Å². The minimum absolute atomic E-state index is 0. The van der Waals surface area contributed by atoms with E-state index in [1.165, 1.54) is 24.6 Å². The molecular formula is C13H21ClN2O4S. The number of halogens is 1. The Hall–Kier alpha value is -1.02. The summed E-state index contributed by atoms with van der Waals surface area (Å²) in [6, 6.07) is 3.08. The van der Waals surface area contributed by atoms with Crippen molar-refractivity contribution in [1.29, 1.82) is 0 Å². The molecule has 0 aromatic heterocycles. The molecule has 120 valence electrons. The molecule has 0 radical (unpaired) electrons. The van der Waals surface area contributed by atoms with Crippen LogP contribution < -0.4 is 15.2 Å². The van der Waals surface area contributed by atoms with Crippen LogP contribution in [0.15, 0.2) is 17.0 Å². The summed E-state index contributed by atoms with van der Waals surface area (Å²) in [6.07, 6.45) is 0.686. The van der Waals surface area contributed by atoms with E-state index in [2.05, 4.69) is 0 Å². The molecule has 6 nitrogen and oxygen atoms in total. The van der Waals surface area contributed by atoms with Crippen LogP contribution in [-0.2, 0) is 10.0 Å². The van der Waals surface area contributed by atoms with Crippen molar-refractivity contribution in [3.8, 4) is 11.5 Å². The van der Waals surface area contributed by atoms with E-state index in [1.807, 2.05) is 0 Å². The lowest BCUT2D eigenvalue weighted by molar-refractivity contribution is 0.353. The molecule has 2 rings (SSSR count). The zero-order chi connectivity index (χ0) is 14.9. The van der Waals surface area contributed by atoms with E-state index in [-0.39, 0.29) is 23.3 Å². The van der Waals surface area contributed by atoms with Crippen molar-refractivity contribution in [2.24, 2.45) is 5.73 Å². The van der Waals surface area contributed by atoms with Gasteiger partial charge in [-0.1, -0.05) is 0 Å². The molecule has 0 unspecified atom stereocenters. The summed E-state index contributed by atoms with van der Waals surface area (Å²) < 4.78 is 37.1. The number of ether oxygens (including phenoxy) is 2. The maximum Gasteiger partial charge on any atom is 0.243 e. The number of nitrogens with two attached hydrogens (primary N) is 1. The van der Waals surface area contributed by atoms with Gasteiger partial charge in [-0.2, -0.15) is 4.31 Å². The van der Waals surface area contributed by atoms with E-state index in [1.54, 1.807) is 13.0 Å². The number of hydrogen-bond acceptors (Lipinski definition) is 5. The summed E-state index contributed by atoms with van der Waals surface area (Å²) in [6.45, 7) is 2.55. The van der Waals surface area contributed by atoms with E-state index >= 15 is 0 Å². The number of nitrogens with zero attached hydrogens (tertiary/aromatic N) is 1. The first-order valence-corrected chi connectivity index (χ1v) is 7.82. The van der Waals surface area contributed by atoms with Gasteiger partial charge in [-0.05, 0) is 25.0 Å². The third-order valence-electron chi connectivity index (χ3n) is 3.49. The van der Waals surface area contributed by atoms with Gasteiger partial charge in [-0.3, -0.25) is 0 Å². The molecule has 1 heterocycles. The van der Waals surface area contributed by atoms with Crippen molar-refractivity contribution < 1.29 is 17.9 Å². The van der Waals surface area contributed by atoms with Crippen molar-refractivity contribution in [1.82, 2.24) is 4.31 Å². The Labute approximate surface area is 131 Å². The van der Waals surface area contributed by atoms with Gasteiger partial charge in [0.15, 0.2) is 11.5 Å². The van der Waals surface area contributed by atoms with Crippen LogP contribution in [0.25, 0.3) is 0 Å². The van der Waals surface area contributed by atoms with Crippen LogP contribution >= 0.6 is 12.4 Å². The van der Waals surface area contributed by atoms with Gasteiger partial charge in [0.25, 0.3) is 0 Å². The molecule has 1 aromatic carbocycles. The van der Waals surface area contributed by atoms with Gasteiger partial charge in [0.2, 0.25) is 10.0 Å². The quantitative estimate of drug-likeness (QED) is 0.892. The lowest BCUT2D eigenvalue weighted by atomic mass is 10.2. The van der Waals surface area contributed by atoms with Crippen molar-refractivity contribution >= 4 is 22.4 Å². The summed E-state index contributed by atoms with van der Waals surface area (Å²) in [4.78, 5) is 0.240. The van der Waals surface area contributed by atoms with Gasteiger partial charge >= 0.3 is 0 Å². The molecular weight excluding hydrogens is 316 g/mol. The van der Waals surface area contributed by atoms with Crippen LogP contribution in [-0.4, -0.2) is 46.1 Å². The second-order valence-corrected chi connectivity index (χ2v) is 6.79. The van der Waals surface area contributed by atoms with Crippen LogP contribution in [0.1, 0.15) is 12.0 Å². The van der Waals surface area contributed by atoms with E-state index in [0.717, 1.165) is 0 Å². The fourth-order valence-corrected chi connectivity index (χ4v) is 4.08. The topological polar surface area (TPSA) is 81.9 Å². The van der Waals surface area contributed by atoms with Gasteiger partial charge in [0.1, 0.15) is 0 Å². The second kappa shape index (κ2) is 6.83. The van der Waals surface area contributed by atoms with Crippen LogP contribution in [0, 0.1) is 6.92 Å². The summed E-state index contributed by atoms with van der Waals surface area (Å²) >= 11 is 0. The average molecular weight is 337 g/mol. The smallest absolute Gasteiger partial charge is 0.243 e. The molecule has 1 aromatic rings. The molecule has 21 heavy (non-hydrogen) atoms. The molecule has 1 aliphatic heterocycles. The first-order chi connectivity index (χ1) is 9.40. The first-order valence-electron chi connectivity index (χ1n) is 6.38. The zero-order valence-electron chi connectivity index (χ0n) is 12.3. The highest BCUT2D eigenvalue weighted by molar-refractivity contribution is 7.89. The Bertz CT molecular complexity index is 606. The number of methoxy groups -OCH3 is 2. The van der Waals surface area contributed by atoms with Gasteiger partial charge in [-0.25, -0.2) is 8.42 Å². The monoisotopic (exact) mass is 336 g/mol. The molecule has 1 saturated heterocycles. The molecule has 1 aliphatic rings. The first kappa shape index (κ1) is 18.0. The molecule has 1 atom stereocenters. The normalized spacial score (nSPS) is 19.1. The zero-order valence-corrected chi connectivity index (χ0v) is 14.0. The number of aryl methyl sites for hydroxylation is 1. The standard InChI is InChI=1S/C13H20N2O4S.ClH/c1-9-6-11(18-2)12(19-3)7-13(9)20(16,17)15-5-4-10(14)8-15;/h6-7,10H,4-5,8,14H2,1-3H3;1H/t10-;/m0./s1. The van der Waals surface area contributed by atoms with E-state index in [9.17, 15) is 8.42 Å².